The number of rotatable bonds is 8. The minimum atomic E-state index is -4.20. The third-order valence-electron chi connectivity index (χ3n) is 5.57. The molecule has 1 aliphatic rings. The predicted octanol–water partition coefficient (Wildman–Crippen LogP) is 4.94. The molecule has 8 heteroatoms. The summed E-state index contributed by atoms with van der Waals surface area (Å²) in [6.45, 7) is 5.93. The molecule has 0 unspecified atom stereocenters. The summed E-state index contributed by atoms with van der Waals surface area (Å²) in [5.41, 5.74) is 2.87. The smallest absolute Gasteiger partial charge is 0.270 e. The number of hydrogen-bond acceptors (Lipinski definition) is 4. The normalized spacial score (nSPS) is 14.3. The van der Waals surface area contributed by atoms with Gasteiger partial charge in [-0.3, -0.25) is 9.10 Å². The van der Waals surface area contributed by atoms with Gasteiger partial charge in [0.1, 0.15) is 12.4 Å². The number of carbonyl (C=O) groups excluding carboxylic acids is 1. The molecule has 180 valence electrons. The van der Waals surface area contributed by atoms with E-state index in [4.69, 9.17) is 16.3 Å². The van der Waals surface area contributed by atoms with Crippen LogP contribution in [0, 0.1) is 6.92 Å². The highest BCUT2D eigenvalue weighted by Crippen LogP contribution is 2.43. The van der Waals surface area contributed by atoms with E-state index >= 15 is 0 Å². The first-order valence-corrected chi connectivity index (χ1v) is 12.9. The number of sulfonamides is 1. The number of benzene rings is 3. The maximum atomic E-state index is 13.8. The number of nitrogens with one attached hydrogen (secondary N) is 1. The van der Waals surface area contributed by atoms with Gasteiger partial charge in [-0.15, -0.1) is 6.58 Å². The van der Waals surface area contributed by atoms with Crippen molar-refractivity contribution >= 4 is 38.8 Å². The van der Waals surface area contributed by atoms with E-state index in [1.807, 2.05) is 37.3 Å². The zero-order valence-corrected chi connectivity index (χ0v) is 20.8. The number of carbonyl (C=O) groups is 1. The molecule has 1 aliphatic heterocycles. The molecular formula is C27H25ClN2O4S. The number of hydrogen-bond donors (Lipinski definition) is 1. The van der Waals surface area contributed by atoms with E-state index in [2.05, 4.69) is 11.9 Å². The Balaban J connectivity index is 1.74. The van der Waals surface area contributed by atoms with Gasteiger partial charge in [-0.05, 0) is 42.3 Å². The van der Waals surface area contributed by atoms with Crippen molar-refractivity contribution in [1.82, 2.24) is 5.32 Å². The number of ether oxygens (including phenoxy) is 1. The molecule has 0 bridgehead atoms. The zero-order valence-electron chi connectivity index (χ0n) is 19.2. The molecule has 3 aromatic carbocycles. The van der Waals surface area contributed by atoms with Crippen molar-refractivity contribution in [3.63, 3.8) is 0 Å². The fourth-order valence-electron chi connectivity index (χ4n) is 3.98. The molecule has 6 nitrogen and oxygen atoms in total. The summed E-state index contributed by atoms with van der Waals surface area (Å²) >= 11 is 6.30. The average molecular weight is 509 g/mol. The first-order chi connectivity index (χ1) is 16.8. The highest BCUT2D eigenvalue weighted by atomic mass is 35.5. The Morgan fingerprint density at radius 3 is 2.51 bits per heavy atom. The predicted molar refractivity (Wildman–Crippen MR) is 140 cm³/mol. The molecule has 1 heterocycles. The second-order valence-corrected chi connectivity index (χ2v) is 10.2. The lowest BCUT2D eigenvalue weighted by Gasteiger charge is -2.33. The molecule has 35 heavy (non-hydrogen) atoms. The summed E-state index contributed by atoms with van der Waals surface area (Å²) in [5, 5.41) is 3.15. The van der Waals surface area contributed by atoms with E-state index in [1.165, 1.54) is 10.4 Å². The van der Waals surface area contributed by atoms with Crippen molar-refractivity contribution in [1.29, 1.82) is 0 Å². The van der Waals surface area contributed by atoms with Crippen LogP contribution in [0.4, 0.5) is 5.69 Å². The summed E-state index contributed by atoms with van der Waals surface area (Å²) in [6, 6.07) is 21.4. The van der Waals surface area contributed by atoms with E-state index in [9.17, 15) is 13.2 Å². The molecule has 0 fully saturated rings. The van der Waals surface area contributed by atoms with Gasteiger partial charge in [-0.25, -0.2) is 8.42 Å². The van der Waals surface area contributed by atoms with Crippen LogP contribution in [0.1, 0.15) is 16.7 Å². The molecule has 4 rings (SSSR count). The van der Waals surface area contributed by atoms with Crippen molar-refractivity contribution in [2.24, 2.45) is 0 Å². The number of aryl methyl sites for hydroxylation is 1. The van der Waals surface area contributed by atoms with Gasteiger partial charge in [-0.2, -0.15) is 0 Å². The Hall–Kier alpha value is -3.55. The lowest BCUT2D eigenvalue weighted by atomic mass is 9.95. The molecule has 0 atom stereocenters. The summed E-state index contributed by atoms with van der Waals surface area (Å²) in [4.78, 5) is 13.1. The third-order valence-corrected chi connectivity index (χ3v) is 7.64. The van der Waals surface area contributed by atoms with Crippen molar-refractivity contribution in [2.45, 2.75) is 6.92 Å². The molecule has 0 aliphatic carbocycles. The quantitative estimate of drug-likeness (QED) is 0.345. The standard InChI is InChI=1S/C27H25ClN2O4S/c1-3-16-30-23-14-13-21(28)18-22(23)25(20-10-5-4-6-11-20)26(35(30,32)33)27(31)29-15-17-34-24-12-8-7-9-19(24)2/h3-14,18H,1,15-17H2,2H3,(H,29,31). The van der Waals surface area contributed by atoms with Crippen molar-refractivity contribution in [2.75, 3.05) is 24.0 Å². The number of fused-ring (bicyclic) bond motifs is 1. The summed E-state index contributed by atoms with van der Waals surface area (Å²) < 4.78 is 34.5. The molecular weight excluding hydrogens is 484 g/mol. The topological polar surface area (TPSA) is 75.7 Å². The zero-order chi connectivity index (χ0) is 25.0. The van der Waals surface area contributed by atoms with Gasteiger partial charge in [-0.1, -0.05) is 66.2 Å². The van der Waals surface area contributed by atoms with E-state index in [0.717, 1.165) is 5.56 Å². The monoisotopic (exact) mass is 508 g/mol. The highest BCUT2D eigenvalue weighted by Gasteiger charge is 2.40. The van der Waals surface area contributed by atoms with Gasteiger partial charge in [0.15, 0.2) is 4.91 Å². The van der Waals surface area contributed by atoms with Crippen LogP contribution in [0.2, 0.25) is 5.02 Å². The second kappa shape index (κ2) is 10.4. The largest absolute Gasteiger partial charge is 0.491 e. The molecule has 1 N–H and O–H groups in total. The van der Waals surface area contributed by atoms with Crippen LogP contribution in [-0.2, 0) is 14.8 Å². The Labute approximate surface area is 210 Å². The SMILES string of the molecule is C=CCN1c2ccc(Cl)cc2C(c2ccccc2)=C(C(=O)NCCOc2ccccc2C)S1(=O)=O. The lowest BCUT2D eigenvalue weighted by Crippen LogP contribution is -2.42. The molecule has 1 amide bonds. The number of nitrogens with zero attached hydrogens (tertiary/aromatic N) is 1. The first-order valence-electron chi connectivity index (χ1n) is 11.0. The minimum Gasteiger partial charge on any atom is -0.491 e. The Bertz CT molecular complexity index is 1400. The fraction of sp³-hybridized carbons (Fsp3) is 0.148. The number of anilines is 1. The van der Waals surface area contributed by atoms with Gasteiger partial charge >= 0.3 is 0 Å². The molecule has 0 spiro atoms. The fourth-order valence-corrected chi connectivity index (χ4v) is 5.88. The van der Waals surface area contributed by atoms with Gasteiger partial charge < -0.3 is 10.1 Å². The van der Waals surface area contributed by atoms with Crippen molar-refractivity contribution in [3.8, 4) is 5.75 Å². The van der Waals surface area contributed by atoms with Crippen LogP contribution in [0.5, 0.6) is 5.75 Å². The van der Waals surface area contributed by atoms with Crippen LogP contribution in [-0.4, -0.2) is 34.0 Å². The van der Waals surface area contributed by atoms with Crippen LogP contribution in [0.15, 0.2) is 90.4 Å². The Morgan fingerprint density at radius 2 is 1.80 bits per heavy atom. The Kier molecular flexibility index (Phi) is 7.28. The molecule has 0 radical (unpaired) electrons. The average Bonchev–Trinajstić information content (AvgIpc) is 2.84. The van der Waals surface area contributed by atoms with Crippen LogP contribution >= 0.6 is 11.6 Å². The van der Waals surface area contributed by atoms with Gasteiger partial charge in [0, 0.05) is 16.2 Å². The van der Waals surface area contributed by atoms with Gasteiger partial charge in [0.2, 0.25) is 0 Å². The van der Waals surface area contributed by atoms with Gasteiger partial charge in [0.25, 0.3) is 15.9 Å². The van der Waals surface area contributed by atoms with Crippen LogP contribution in [0.25, 0.3) is 5.57 Å². The van der Waals surface area contributed by atoms with Crippen LogP contribution in [0.3, 0.4) is 0 Å². The summed E-state index contributed by atoms with van der Waals surface area (Å²) in [7, 11) is -4.20. The van der Waals surface area contributed by atoms with Crippen molar-refractivity contribution < 1.29 is 17.9 Å². The number of para-hydroxylation sites is 1. The molecule has 0 saturated carbocycles. The Morgan fingerprint density at radius 1 is 1.09 bits per heavy atom. The first kappa shape index (κ1) is 24.6. The minimum absolute atomic E-state index is 0.00616. The highest BCUT2D eigenvalue weighted by molar-refractivity contribution is 7.97. The number of amides is 1. The van der Waals surface area contributed by atoms with E-state index in [1.54, 1.807) is 42.5 Å². The molecule has 3 aromatic rings. The van der Waals surface area contributed by atoms with E-state index in [-0.39, 0.29) is 24.6 Å². The van der Waals surface area contributed by atoms with Crippen molar-refractivity contribution in [3.05, 3.63) is 112 Å². The molecule has 0 saturated heterocycles. The second-order valence-electron chi connectivity index (χ2n) is 7.93. The summed E-state index contributed by atoms with van der Waals surface area (Å²) in [6.07, 6.45) is 1.48. The summed E-state index contributed by atoms with van der Waals surface area (Å²) in [5.74, 6) is -0.00567. The molecule has 0 aromatic heterocycles. The third kappa shape index (κ3) is 4.97. The van der Waals surface area contributed by atoms with E-state index < -0.39 is 15.9 Å². The number of halogens is 1. The van der Waals surface area contributed by atoms with E-state index in [0.29, 0.717) is 33.2 Å². The van der Waals surface area contributed by atoms with Crippen LogP contribution < -0.4 is 14.4 Å². The maximum absolute atomic E-state index is 13.8. The lowest BCUT2D eigenvalue weighted by molar-refractivity contribution is -0.116. The maximum Gasteiger partial charge on any atom is 0.270 e. The van der Waals surface area contributed by atoms with Gasteiger partial charge in [0.05, 0.1) is 18.8 Å².